The Balaban J connectivity index is 1.59. The van der Waals surface area contributed by atoms with Gasteiger partial charge in [0.2, 0.25) is 0 Å². The van der Waals surface area contributed by atoms with E-state index in [9.17, 15) is 9.59 Å². The Hall–Kier alpha value is -3.00. The van der Waals surface area contributed by atoms with Crippen LogP contribution in [0.15, 0.2) is 41.9 Å². The quantitative estimate of drug-likeness (QED) is 0.661. The number of benzene rings is 1. The number of carboxylic acid groups (broad SMARTS) is 1. The molecule has 7 nitrogen and oxygen atoms in total. The van der Waals surface area contributed by atoms with Gasteiger partial charge >= 0.3 is 5.97 Å². The normalized spacial score (nSPS) is 14.3. The minimum Gasteiger partial charge on any atom is -0.476 e. The van der Waals surface area contributed by atoms with Gasteiger partial charge in [0.1, 0.15) is 5.01 Å². The van der Waals surface area contributed by atoms with Crippen LogP contribution in [-0.2, 0) is 6.54 Å². The highest BCUT2D eigenvalue weighted by molar-refractivity contribution is 7.09. The first-order valence-electron chi connectivity index (χ1n) is 9.22. The summed E-state index contributed by atoms with van der Waals surface area (Å²) in [5.74, 6) is -1.31. The van der Waals surface area contributed by atoms with Crippen molar-refractivity contribution in [2.75, 3.05) is 0 Å². The Kier molecular flexibility index (Phi) is 5.21. The number of amides is 1. The number of carbonyl (C=O) groups is 2. The minimum atomic E-state index is -1.07. The molecule has 1 amide bonds. The molecule has 0 aliphatic heterocycles. The van der Waals surface area contributed by atoms with Crippen LogP contribution in [0.4, 0.5) is 0 Å². The van der Waals surface area contributed by atoms with Gasteiger partial charge in [-0.3, -0.25) is 9.48 Å². The molecule has 1 saturated carbocycles. The first kappa shape index (κ1) is 18.4. The molecular weight excluding hydrogens is 376 g/mol. The number of rotatable bonds is 6. The lowest BCUT2D eigenvalue weighted by molar-refractivity contribution is 0.0691. The van der Waals surface area contributed by atoms with Crippen LogP contribution in [0.2, 0.25) is 0 Å². The second-order valence-electron chi connectivity index (χ2n) is 6.77. The fourth-order valence-corrected chi connectivity index (χ4v) is 4.29. The summed E-state index contributed by atoms with van der Waals surface area (Å²) in [4.78, 5) is 27.8. The molecule has 0 radical (unpaired) electrons. The lowest BCUT2D eigenvalue weighted by Crippen LogP contribution is -2.23. The maximum Gasteiger partial charge on any atom is 0.355 e. The average molecular weight is 396 g/mol. The van der Waals surface area contributed by atoms with Gasteiger partial charge in [0.15, 0.2) is 5.69 Å². The van der Waals surface area contributed by atoms with Crippen molar-refractivity contribution in [3.8, 4) is 11.3 Å². The third-order valence-corrected chi connectivity index (χ3v) is 5.78. The van der Waals surface area contributed by atoms with Crippen LogP contribution in [0.5, 0.6) is 0 Å². The Bertz CT molecular complexity index is 990. The van der Waals surface area contributed by atoms with Gasteiger partial charge in [0.05, 0.1) is 30.0 Å². The molecule has 8 heteroatoms. The highest BCUT2D eigenvalue weighted by atomic mass is 32.1. The van der Waals surface area contributed by atoms with Crippen LogP contribution in [-0.4, -0.2) is 31.7 Å². The number of nitrogens with zero attached hydrogens (tertiary/aromatic N) is 3. The van der Waals surface area contributed by atoms with Crippen LogP contribution < -0.4 is 5.32 Å². The van der Waals surface area contributed by atoms with Crippen molar-refractivity contribution in [3.05, 3.63) is 58.2 Å². The smallest absolute Gasteiger partial charge is 0.355 e. The number of thiazole rings is 1. The zero-order valence-electron chi connectivity index (χ0n) is 15.2. The largest absolute Gasteiger partial charge is 0.476 e. The monoisotopic (exact) mass is 396 g/mol. The standard InChI is InChI=1S/C20H20N4O3S/c25-19(21-11-17-23-16(12-28-17)20(26)27)15-10-22-24(14-8-4-5-9-14)18(15)13-6-2-1-3-7-13/h1-3,6-7,10,12,14H,4-5,8-9,11H2,(H,21,25)(H,26,27). The van der Waals surface area contributed by atoms with E-state index in [1.54, 1.807) is 6.20 Å². The molecule has 0 saturated heterocycles. The fourth-order valence-electron chi connectivity index (χ4n) is 3.58. The lowest BCUT2D eigenvalue weighted by atomic mass is 10.1. The SMILES string of the molecule is O=C(O)c1csc(CNC(=O)c2cnn(C3CCCC3)c2-c2ccccc2)n1. The molecule has 4 rings (SSSR count). The number of aromatic carboxylic acids is 1. The molecule has 2 N–H and O–H groups in total. The molecule has 0 spiro atoms. The fraction of sp³-hybridized carbons (Fsp3) is 0.300. The zero-order chi connectivity index (χ0) is 19.5. The number of aromatic nitrogens is 3. The van der Waals surface area contributed by atoms with Crippen LogP contribution in [0.25, 0.3) is 11.3 Å². The van der Waals surface area contributed by atoms with Crippen molar-refractivity contribution < 1.29 is 14.7 Å². The van der Waals surface area contributed by atoms with Crippen LogP contribution in [0.1, 0.15) is 57.6 Å². The molecule has 0 bridgehead atoms. The topological polar surface area (TPSA) is 97.1 Å². The maximum atomic E-state index is 12.9. The van der Waals surface area contributed by atoms with Gasteiger partial charge in [-0.1, -0.05) is 43.2 Å². The van der Waals surface area contributed by atoms with Crippen LogP contribution >= 0.6 is 11.3 Å². The molecule has 0 atom stereocenters. The van der Waals surface area contributed by atoms with Crippen molar-refractivity contribution in [1.29, 1.82) is 0 Å². The highest BCUT2D eigenvalue weighted by Crippen LogP contribution is 2.34. The first-order chi connectivity index (χ1) is 13.6. The Labute approximate surface area is 166 Å². The highest BCUT2D eigenvalue weighted by Gasteiger charge is 2.25. The maximum absolute atomic E-state index is 12.9. The molecule has 1 aromatic carbocycles. The molecule has 1 aliphatic carbocycles. The van der Waals surface area contributed by atoms with E-state index in [2.05, 4.69) is 15.4 Å². The molecule has 1 fully saturated rings. The van der Waals surface area contributed by atoms with E-state index in [1.165, 1.54) is 29.6 Å². The second kappa shape index (κ2) is 7.93. The van der Waals surface area contributed by atoms with E-state index in [-0.39, 0.29) is 18.1 Å². The zero-order valence-corrected chi connectivity index (χ0v) is 16.0. The Morgan fingerprint density at radius 3 is 2.64 bits per heavy atom. The number of hydrogen-bond donors (Lipinski definition) is 2. The van der Waals surface area contributed by atoms with Crippen molar-refractivity contribution >= 4 is 23.2 Å². The Morgan fingerprint density at radius 2 is 1.96 bits per heavy atom. The van der Waals surface area contributed by atoms with E-state index in [1.807, 2.05) is 35.0 Å². The predicted octanol–water partition coefficient (Wildman–Crippen LogP) is 3.75. The van der Waals surface area contributed by atoms with Crippen LogP contribution in [0, 0.1) is 0 Å². The van der Waals surface area contributed by atoms with Gasteiger partial charge in [-0.25, -0.2) is 9.78 Å². The summed E-state index contributed by atoms with van der Waals surface area (Å²) in [5, 5.41) is 18.4. The third kappa shape index (κ3) is 3.68. The van der Waals surface area contributed by atoms with E-state index >= 15 is 0 Å². The molecule has 3 aromatic rings. The van der Waals surface area contributed by atoms with Gasteiger partial charge in [-0.2, -0.15) is 5.10 Å². The number of hydrogen-bond acceptors (Lipinski definition) is 5. The molecule has 144 valence electrons. The van der Waals surface area contributed by atoms with Crippen molar-refractivity contribution in [2.24, 2.45) is 0 Å². The predicted molar refractivity (Wildman–Crippen MR) is 105 cm³/mol. The van der Waals surface area contributed by atoms with Gasteiger partial charge < -0.3 is 10.4 Å². The van der Waals surface area contributed by atoms with Gasteiger partial charge in [0, 0.05) is 10.9 Å². The number of carbonyl (C=O) groups excluding carboxylic acids is 1. The summed E-state index contributed by atoms with van der Waals surface area (Å²) in [5.41, 5.74) is 2.30. The minimum absolute atomic E-state index is 0.00623. The molecular formula is C20H20N4O3S. The number of carboxylic acids is 1. The summed E-state index contributed by atoms with van der Waals surface area (Å²) >= 11 is 1.21. The van der Waals surface area contributed by atoms with Gasteiger partial charge in [0.25, 0.3) is 5.91 Å². The third-order valence-electron chi connectivity index (χ3n) is 4.93. The molecule has 2 aromatic heterocycles. The average Bonchev–Trinajstić information content (AvgIpc) is 3.46. The summed E-state index contributed by atoms with van der Waals surface area (Å²) in [6, 6.07) is 10.1. The van der Waals surface area contributed by atoms with Crippen molar-refractivity contribution in [3.63, 3.8) is 0 Å². The summed E-state index contributed by atoms with van der Waals surface area (Å²) in [6.45, 7) is 0.180. The second-order valence-corrected chi connectivity index (χ2v) is 7.71. The van der Waals surface area contributed by atoms with E-state index < -0.39 is 5.97 Å². The summed E-state index contributed by atoms with van der Waals surface area (Å²) < 4.78 is 1.99. The molecule has 0 unspecified atom stereocenters. The number of nitrogens with one attached hydrogen (secondary N) is 1. The lowest BCUT2D eigenvalue weighted by Gasteiger charge is -2.15. The van der Waals surface area contributed by atoms with Crippen LogP contribution in [0.3, 0.4) is 0 Å². The summed E-state index contributed by atoms with van der Waals surface area (Å²) in [7, 11) is 0. The van der Waals surface area contributed by atoms with Crippen molar-refractivity contribution in [1.82, 2.24) is 20.1 Å². The molecule has 28 heavy (non-hydrogen) atoms. The molecule has 2 heterocycles. The van der Waals surface area contributed by atoms with E-state index in [0.717, 1.165) is 24.1 Å². The Morgan fingerprint density at radius 1 is 1.21 bits per heavy atom. The molecule has 1 aliphatic rings. The van der Waals surface area contributed by atoms with Gasteiger partial charge in [-0.15, -0.1) is 11.3 Å². The first-order valence-corrected chi connectivity index (χ1v) is 10.1. The van der Waals surface area contributed by atoms with Crippen molar-refractivity contribution in [2.45, 2.75) is 38.3 Å². The van der Waals surface area contributed by atoms with E-state index in [0.29, 0.717) is 16.6 Å². The van der Waals surface area contributed by atoms with Gasteiger partial charge in [-0.05, 0) is 12.8 Å². The summed E-state index contributed by atoms with van der Waals surface area (Å²) in [6.07, 6.45) is 6.12. The van der Waals surface area contributed by atoms with E-state index in [4.69, 9.17) is 5.11 Å².